The van der Waals surface area contributed by atoms with E-state index in [2.05, 4.69) is 21.1 Å². The van der Waals surface area contributed by atoms with Gasteiger partial charge in [0.05, 0.1) is 5.69 Å². The van der Waals surface area contributed by atoms with E-state index in [-0.39, 0.29) is 4.90 Å². The Labute approximate surface area is 125 Å². The van der Waals surface area contributed by atoms with Crippen LogP contribution in [0.3, 0.4) is 0 Å². The molecule has 3 rings (SSSR count). The monoisotopic (exact) mass is 356 g/mol. The zero-order chi connectivity index (χ0) is 14.5. The van der Waals surface area contributed by atoms with Gasteiger partial charge in [0, 0.05) is 11.0 Å². The Hall–Kier alpha value is -1.34. The van der Waals surface area contributed by atoms with E-state index in [4.69, 9.17) is 4.52 Å². The lowest BCUT2D eigenvalue weighted by Crippen LogP contribution is -2.29. The molecule has 106 valence electrons. The van der Waals surface area contributed by atoms with Gasteiger partial charge in [0.1, 0.15) is 5.69 Å². The van der Waals surface area contributed by atoms with Gasteiger partial charge in [-0.25, -0.2) is 8.42 Å². The van der Waals surface area contributed by atoms with Gasteiger partial charge in [0.2, 0.25) is 0 Å². The Kier molecular flexibility index (Phi) is 3.13. The molecule has 0 amide bonds. The molecule has 0 saturated heterocycles. The van der Waals surface area contributed by atoms with Crippen LogP contribution in [0.15, 0.2) is 32.1 Å². The molecule has 5 nitrogen and oxygen atoms in total. The van der Waals surface area contributed by atoms with Gasteiger partial charge in [-0.2, -0.15) is 0 Å². The first-order chi connectivity index (χ1) is 9.41. The van der Waals surface area contributed by atoms with Gasteiger partial charge in [0.15, 0.2) is 10.7 Å². The van der Waals surface area contributed by atoms with Crippen molar-refractivity contribution in [3.05, 3.63) is 39.7 Å². The maximum absolute atomic E-state index is 12.8. The lowest BCUT2D eigenvalue weighted by Gasteiger charge is -2.19. The molecule has 0 N–H and O–H groups in total. The average molecular weight is 357 g/mol. The zero-order valence-electron chi connectivity index (χ0n) is 11.1. The molecule has 0 unspecified atom stereocenters. The van der Waals surface area contributed by atoms with E-state index in [1.54, 1.807) is 13.8 Å². The van der Waals surface area contributed by atoms with Crippen molar-refractivity contribution in [2.45, 2.75) is 25.2 Å². The summed E-state index contributed by atoms with van der Waals surface area (Å²) in [5, 5.41) is 3.74. The fourth-order valence-corrected chi connectivity index (χ4v) is 4.75. The zero-order valence-corrected chi connectivity index (χ0v) is 13.5. The number of aromatic nitrogens is 1. The number of hydrogen-bond acceptors (Lipinski definition) is 4. The molecule has 0 radical (unpaired) electrons. The van der Waals surface area contributed by atoms with E-state index in [1.165, 1.54) is 4.31 Å². The van der Waals surface area contributed by atoms with Crippen LogP contribution in [-0.4, -0.2) is 20.1 Å². The van der Waals surface area contributed by atoms with Crippen LogP contribution in [0.5, 0.6) is 0 Å². The molecular formula is C13H13BrN2O3S. The number of fused-ring (bicyclic) bond motifs is 1. The Bertz CT molecular complexity index is 763. The molecular weight excluding hydrogens is 344 g/mol. The number of rotatable bonds is 2. The largest absolute Gasteiger partial charge is 0.360 e. The number of sulfonamides is 1. The van der Waals surface area contributed by atoms with Crippen LogP contribution >= 0.6 is 15.9 Å². The first-order valence-corrected chi connectivity index (χ1v) is 8.38. The van der Waals surface area contributed by atoms with Gasteiger partial charge in [0.25, 0.3) is 10.0 Å². The van der Waals surface area contributed by atoms with Crippen LogP contribution < -0.4 is 4.31 Å². The van der Waals surface area contributed by atoms with Crippen LogP contribution in [0.2, 0.25) is 0 Å². The van der Waals surface area contributed by atoms with E-state index >= 15 is 0 Å². The minimum atomic E-state index is -3.62. The minimum Gasteiger partial charge on any atom is -0.360 e. The van der Waals surface area contributed by atoms with Crippen molar-refractivity contribution in [2.24, 2.45) is 0 Å². The molecule has 1 aromatic heterocycles. The van der Waals surface area contributed by atoms with Crippen molar-refractivity contribution < 1.29 is 12.9 Å². The lowest BCUT2D eigenvalue weighted by atomic mass is 10.2. The Morgan fingerprint density at radius 3 is 2.75 bits per heavy atom. The summed E-state index contributed by atoms with van der Waals surface area (Å²) in [6.07, 6.45) is 0.706. The first kappa shape index (κ1) is 13.6. The lowest BCUT2D eigenvalue weighted by molar-refractivity contribution is 0.390. The Balaban J connectivity index is 2.12. The van der Waals surface area contributed by atoms with E-state index in [0.29, 0.717) is 24.4 Å². The quantitative estimate of drug-likeness (QED) is 0.829. The Morgan fingerprint density at radius 2 is 2.10 bits per heavy atom. The smallest absolute Gasteiger partial charge is 0.269 e. The van der Waals surface area contributed by atoms with Gasteiger partial charge < -0.3 is 4.52 Å². The summed E-state index contributed by atoms with van der Waals surface area (Å²) in [7, 11) is -3.62. The van der Waals surface area contributed by atoms with E-state index in [0.717, 1.165) is 15.7 Å². The van der Waals surface area contributed by atoms with Crippen molar-refractivity contribution in [1.29, 1.82) is 0 Å². The molecule has 0 aliphatic carbocycles. The van der Waals surface area contributed by atoms with Crippen LogP contribution in [0.4, 0.5) is 5.69 Å². The normalized spacial score (nSPS) is 14.7. The molecule has 2 aromatic rings. The van der Waals surface area contributed by atoms with Crippen LogP contribution in [0.1, 0.15) is 17.0 Å². The van der Waals surface area contributed by atoms with Crippen molar-refractivity contribution in [3.63, 3.8) is 0 Å². The van der Waals surface area contributed by atoms with Crippen molar-refractivity contribution in [1.82, 2.24) is 5.16 Å². The van der Waals surface area contributed by atoms with Gasteiger partial charge >= 0.3 is 0 Å². The summed E-state index contributed by atoms with van der Waals surface area (Å²) in [6.45, 7) is 3.70. The fraction of sp³-hybridized carbons (Fsp3) is 0.308. The summed E-state index contributed by atoms with van der Waals surface area (Å²) in [6, 6.07) is 5.63. The average Bonchev–Trinajstić information content (AvgIpc) is 2.93. The van der Waals surface area contributed by atoms with Crippen LogP contribution in [0, 0.1) is 13.8 Å². The number of hydrogen-bond donors (Lipinski definition) is 0. The molecule has 1 aliphatic rings. The SMILES string of the molecule is Cc1noc(C)c1S(=O)(=O)N1CCc2cc(Br)ccc21. The van der Waals surface area contributed by atoms with Crippen molar-refractivity contribution in [3.8, 4) is 0 Å². The number of nitrogens with zero attached hydrogens (tertiary/aromatic N) is 2. The fourth-order valence-electron chi connectivity index (χ4n) is 2.54. The highest BCUT2D eigenvalue weighted by molar-refractivity contribution is 9.10. The molecule has 0 saturated carbocycles. The van der Waals surface area contributed by atoms with Gasteiger partial charge in [-0.15, -0.1) is 0 Å². The first-order valence-electron chi connectivity index (χ1n) is 6.15. The highest BCUT2D eigenvalue weighted by atomic mass is 79.9. The number of anilines is 1. The number of halogens is 1. The summed E-state index contributed by atoms with van der Waals surface area (Å²) < 4.78 is 33.0. The molecule has 7 heteroatoms. The molecule has 0 atom stereocenters. The third-order valence-corrected chi connectivity index (χ3v) is 5.96. The topological polar surface area (TPSA) is 63.4 Å². The number of aryl methyl sites for hydroxylation is 2. The molecule has 0 bridgehead atoms. The van der Waals surface area contributed by atoms with Crippen LogP contribution in [0.25, 0.3) is 0 Å². The summed E-state index contributed by atoms with van der Waals surface area (Å²) in [5.74, 6) is 0.327. The predicted octanol–water partition coefficient (Wildman–Crippen LogP) is 2.81. The van der Waals surface area contributed by atoms with Crippen molar-refractivity contribution in [2.75, 3.05) is 10.8 Å². The van der Waals surface area contributed by atoms with E-state index < -0.39 is 10.0 Å². The highest BCUT2D eigenvalue weighted by Crippen LogP contribution is 2.36. The second-order valence-corrected chi connectivity index (χ2v) is 7.47. The van der Waals surface area contributed by atoms with Gasteiger partial charge in [-0.1, -0.05) is 21.1 Å². The highest BCUT2D eigenvalue weighted by Gasteiger charge is 2.35. The van der Waals surface area contributed by atoms with Gasteiger partial charge in [-0.3, -0.25) is 4.31 Å². The summed E-state index contributed by atoms with van der Waals surface area (Å²) in [5.41, 5.74) is 2.15. The molecule has 1 aromatic carbocycles. The maximum atomic E-state index is 12.8. The third-order valence-electron chi connectivity index (χ3n) is 3.41. The second kappa shape index (κ2) is 4.60. The summed E-state index contributed by atoms with van der Waals surface area (Å²) >= 11 is 3.40. The standard InChI is InChI=1S/C13H13BrN2O3S/c1-8-13(9(2)19-15-8)20(17,18)16-6-5-10-7-11(14)3-4-12(10)16/h3-4,7H,5-6H2,1-2H3. The molecule has 20 heavy (non-hydrogen) atoms. The number of benzene rings is 1. The maximum Gasteiger partial charge on any atom is 0.269 e. The Morgan fingerprint density at radius 1 is 1.35 bits per heavy atom. The molecule has 2 heterocycles. The molecule has 1 aliphatic heterocycles. The van der Waals surface area contributed by atoms with E-state index in [1.807, 2.05) is 18.2 Å². The second-order valence-electron chi connectivity index (χ2n) is 4.75. The van der Waals surface area contributed by atoms with E-state index in [9.17, 15) is 8.42 Å². The summed E-state index contributed by atoms with van der Waals surface area (Å²) in [4.78, 5) is 0.174. The third kappa shape index (κ3) is 1.96. The van der Waals surface area contributed by atoms with Gasteiger partial charge in [-0.05, 0) is 44.0 Å². The van der Waals surface area contributed by atoms with Crippen LogP contribution in [-0.2, 0) is 16.4 Å². The minimum absolute atomic E-state index is 0.174. The molecule has 0 fully saturated rings. The molecule has 0 spiro atoms. The van der Waals surface area contributed by atoms with Crippen molar-refractivity contribution >= 4 is 31.6 Å². The predicted molar refractivity (Wildman–Crippen MR) is 78.4 cm³/mol.